The van der Waals surface area contributed by atoms with Gasteiger partial charge in [0.25, 0.3) is 0 Å². The topological polar surface area (TPSA) is 55.8 Å². The maximum atomic E-state index is 8.82. The first-order valence-corrected chi connectivity index (χ1v) is 8.47. The number of hydrogen-bond acceptors (Lipinski definition) is 4. The highest BCUT2D eigenvalue weighted by Crippen LogP contribution is 2.18. The first-order chi connectivity index (χ1) is 12.2. The van der Waals surface area contributed by atoms with Crippen LogP contribution in [0.15, 0.2) is 54.6 Å². The fourth-order valence-corrected chi connectivity index (χ4v) is 2.83. The Morgan fingerprint density at radius 1 is 1.12 bits per heavy atom. The molecule has 0 N–H and O–H groups in total. The smallest absolute Gasteiger partial charge is 0.202 e. The molecule has 0 radical (unpaired) electrons. The molecule has 0 spiro atoms. The average molecular weight is 371 g/mol. The molecule has 0 unspecified atom stereocenters. The molecule has 0 aliphatic heterocycles. The van der Waals surface area contributed by atoms with Crippen LogP contribution in [0.4, 0.5) is 0 Å². The van der Waals surface area contributed by atoms with Crippen molar-refractivity contribution < 1.29 is 4.74 Å². The number of nitrogens with zero attached hydrogens (tertiary/aromatic N) is 4. The summed E-state index contributed by atoms with van der Waals surface area (Å²) in [5, 5.41) is 14.0. The largest absolute Gasteiger partial charge is 0.486 e. The van der Waals surface area contributed by atoms with E-state index in [9.17, 15) is 0 Å². The minimum atomic E-state index is 0.250. The Hall–Kier alpha value is -2.62. The summed E-state index contributed by atoms with van der Waals surface area (Å²) < 4.78 is 9.88. The quantitative estimate of drug-likeness (QED) is 0.597. The number of halogens is 1. The Labute approximate surface area is 155 Å². The van der Waals surface area contributed by atoms with Gasteiger partial charge in [-0.1, -0.05) is 29.8 Å². The summed E-state index contributed by atoms with van der Waals surface area (Å²) >= 11 is 11.4. The molecule has 2 aromatic carbocycles. The highest BCUT2D eigenvalue weighted by molar-refractivity contribution is 7.71. The van der Waals surface area contributed by atoms with Gasteiger partial charge in [0, 0.05) is 10.7 Å². The first kappa shape index (κ1) is 17.2. The molecule has 0 saturated carbocycles. The Bertz CT molecular complexity index is 942. The predicted octanol–water partition coefficient (Wildman–Crippen LogP) is 4.55. The van der Waals surface area contributed by atoms with Crippen molar-refractivity contribution in [2.45, 2.75) is 19.6 Å². The van der Waals surface area contributed by atoms with Crippen LogP contribution in [0.3, 0.4) is 0 Å². The summed E-state index contributed by atoms with van der Waals surface area (Å²) in [7, 11) is 0. The van der Waals surface area contributed by atoms with Gasteiger partial charge in [-0.3, -0.25) is 4.57 Å². The van der Waals surface area contributed by atoms with Gasteiger partial charge in [0.2, 0.25) is 4.77 Å². The van der Waals surface area contributed by atoms with Gasteiger partial charge in [0.1, 0.15) is 12.4 Å². The lowest BCUT2D eigenvalue weighted by Gasteiger charge is -2.08. The third kappa shape index (κ3) is 4.08. The molecule has 3 aromatic rings. The number of nitriles is 1. The van der Waals surface area contributed by atoms with Crippen LogP contribution in [0.5, 0.6) is 5.75 Å². The number of rotatable bonds is 6. The van der Waals surface area contributed by atoms with Gasteiger partial charge in [-0.05, 0) is 48.6 Å². The zero-order valence-electron chi connectivity index (χ0n) is 13.3. The molecular weight excluding hydrogens is 356 g/mol. The van der Waals surface area contributed by atoms with E-state index < -0.39 is 0 Å². The van der Waals surface area contributed by atoms with E-state index in [1.165, 1.54) is 0 Å². The van der Waals surface area contributed by atoms with Crippen molar-refractivity contribution in [2.24, 2.45) is 0 Å². The molecule has 0 fully saturated rings. The molecular formula is C18H15ClN4OS. The summed E-state index contributed by atoms with van der Waals surface area (Å²) in [4.78, 5) is 0. The number of aromatic nitrogens is 3. The molecule has 1 aromatic heterocycles. The number of para-hydroxylation sites is 1. The Kier molecular flexibility index (Phi) is 5.49. The molecule has 0 saturated heterocycles. The fourth-order valence-electron chi connectivity index (χ4n) is 2.36. The molecule has 0 amide bonds. The van der Waals surface area contributed by atoms with Crippen molar-refractivity contribution in [2.75, 3.05) is 0 Å². The van der Waals surface area contributed by atoms with Crippen LogP contribution in [0.25, 0.3) is 5.69 Å². The lowest BCUT2D eigenvalue weighted by Crippen LogP contribution is -2.05. The van der Waals surface area contributed by atoms with Crippen LogP contribution < -0.4 is 4.74 Å². The van der Waals surface area contributed by atoms with E-state index in [1.54, 1.807) is 28.9 Å². The van der Waals surface area contributed by atoms with Crippen molar-refractivity contribution >= 4 is 23.8 Å². The van der Waals surface area contributed by atoms with Gasteiger partial charge < -0.3 is 4.74 Å². The second-order valence-electron chi connectivity index (χ2n) is 5.24. The van der Waals surface area contributed by atoms with Crippen LogP contribution in [-0.2, 0) is 13.2 Å². The lowest BCUT2D eigenvalue weighted by molar-refractivity contribution is 0.292. The Morgan fingerprint density at radius 2 is 1.84 bits per heavy atom. The summed E-state index contributed by atoms with van der Waals surface area (Å²) in [6.45, 7) is 0.697. The van der Waals surface area contributed by atoms with Crippen molar-refractivity contribution in [1.29, 1.82) is 5.26 Å². The number of aryl methyl sites for hydroxylation is 1. The second-order valence-corrected chi connectivity index (χ2v) is 6.05. The summed E-state index contributed by atoms with van der Waals surface area (Å²) in [6.07, 6.45) is 0.345. The molecule has 0 atom stereocenters. The Balaban J connectivity index is 1.92. The molecule has 5 nitrogen and oxygen atoms in total. The van der Waals surface area contributed by atoms with Gasteiger partial charge >= 0.3 is 0 Å². The van der Waals surface area contributed by atoms with E-state index in [0.717, 1.165) is 5.69 Å². The zero-order chi connectivity index (χ0) is 17.6. The maximum Gasteiger partial charge on any atom is 0.202 e. The molecule has 0 aliphatic rings. The van der Waals surface area contributed by atoms with E-state index in [2.05, 4.69) is 11.2 Å². The molecule has 7 heteroatoms. The van der Waals surface area contributed by atoms with Crippen molar-refractivity contribution in [3.05, 3.63) is 70.2 Å². The molecule has 126 valence electrons. The minimum absolute atomic E-state index is 0.250. The van der Waals surface area contributed by atoms with Crippen LogP contribution in [0.1, 0.15) is 12.2 Å². The second kappa shape index (κ2) is 7.97. The minimum Gasteiger partial charge on any atom is -0.486 e. The van der Waals surface area contributed by atoms with Crippen molar-refractivity contribution in [3.63, 3.8) is 0 Å². The molecule has 0 bridgehead atoms. The van der Waals surface area contributed by atoms with Crippen molar-refractivity contribution in [1.82, 2.24) is 14.3 Å². The lowest BCUT2D eigenvalue weighted by atomic mass is 10.3. The third-order valence-corrected chi connectivity index (χ3v) is 4.18. The monoisotopic (exact) mass is 370 g/mol. The summed E-state index contributed by atoms with van der Waals surface area (Å²) in [5.74, 6) is 1.37. The van der Waals surface area contributed by atoms with Gasteiger partial charge in [-0.25, -0.2) is 4.68 Å². The standard InChI is InChI=1S/C18H15ClN4OS/c19-14-7-9-16(10-8-14)24-13-17-21-22(12-4-11-20)18(25)23(17)15-5-2-1-3-6-15/h1-3,5-10H,4,12-13H2. The highest BCUT2D eigenvalue weighted by Gasteiger charge is 2.13. The van der Waals surface area contributed by atoms with E-state index in [0.29, 0.717) is 34.3 Å². The van der Waals surface area contributed by atoms with Gasteiger partial charge in [-0.2, -0.15) is 10.4 Å². The summed E-state index contributed by atoms with van der Waals surface area (Å²) in [5.41, 5.74) is 0.908. The normalized spacial score (nSPS) is 10.4. The van der Waals surface area contributed by atoms with Gasteiger partial charge in [-0.15, -0.1) is 0 Å². The summed E-state index contributed by atoms with van der Waals surface area (Å²) in [6, 6.07) is 19.0. The van der Waals surface area contributed by atoms with Crippen LogP contribution in [0.2, 0.25) is 5.02 Å². The molecule has 1 heterocycles. The number of ether oxygens (including phenoxy) is 1. The third-order valence-electron chi connectivity index (χ3n) is 3.54. The van der Waals surface area contributed by atoms with E-state index >= 15 is 0 Å². The number of hydrogen-bond donors (Lipinski definition) is 0. The Morgan fingerprint density at radius 3 is 2.52 bits per heavy atom. The van der Waals surface area contributed by atoms with E-state index in [1.807, 2.05) is 34.9 Å². The van der Waals surface area contributed by atoms with E-state index in [-0.39, 0.29) is 6.61 Å². The molecule has 25 heavy (non-hydrogen) atoms. The van der Waals surface area contributed by atoms with Gasteiger partial charge in [0.15, 0.2) is 5.82 Å². The highest BCUT2D eigenvalue weighted by atomic mass is 35.5. The number of benzene rings is 2. The molecule has 3 rings (SSSR count). The van der Waals surface area contributed by atoms with Gasteiger partial charge in [0.05, 0.1) is 19.0 Å². The fraction of sp³-hybridized carbons (Fsp3) is 0.167. The molecule has 0 aliphatic carbocycles. The zero-order valence-corrected chi connectivity index (χ0v) is 14.9. The SMILES string of the molecule is N#CCCn1nc(COc2ccc(Cl)cc2)n(-c2ccccc2)c1=S. The predicted molar refractivity (Wildman–Crippen MR) is 98.4 cm³/mol. The maximum absolute atomic E-state index is 8.82. The van der Waals surface area contributed by atoms with Crippen LogP contribution in [-0.4, -0.2) is 14.3 Å². The average Bonchev–Trinajstić information content (AvgIpc) is 2.96. The van der Waals surface area contributed by atoms with Crippen LogP contribution >= 0.6 is 23.8 Å². The van der Waals surface area contributed by atoms with Crippen LogP contribution in [0, 0.1) is 16.1 Å². The van der Waals surface area contributed by atoms with E-state index in [4.69, 9.17) is 33.8 Å². The van der Waals surface area contributed by atoms with Crippen molar-refractivity contribution in [3.8, 4) is 17.5 Å². The first-order valence-electron chi connectivity index (χ1n) is 7.68.